The average molecular weight is 563 g/mol. The number of pyridine rings is 1. The summed E-state index contributed by atoms with van der Waals surface area (Å²) in [4.78, 5) is 17.0. The summed E-state index contributed by atoms with van der Waals surface area (Å²) in [6.45, 7) is 1.75. The van der Waals surface area contributed by atoms with Crippen LogP contribution in [0.3, 0.4) is 0 Å². The lowest BCUT2D eigenvalue weighted by Crippen LogP contribution is -2.35. The Bertz CT molecular complexity index is 1580. The SMILES string of the molecule is O=C(CCc1ccc(S(=O)(=O)N2CCCc3ccccc32)cc1)NCCCNc1ccnc2cc(Cl)ccc12. The van der Waals surface area contributed by atoms with E-state index in [2.05, 4.69) is 15.6 Å². The number of nitrogens with zero attached hydrogens (tertiary/aromatic N) is 2. The minimum absolute atomic E-state index is 0.0272. The van der Waals surface area contributed by atoms with Gasteiger partial charge in [0.15, 0.2) is 0 Å². The molecule has 0 atom stereocenters. The van der Waals surface area contributed by atoms with Crippen molar-refractivity contribution in [3.8, 4) is 0 Å². The molecule has 0 unspecified atom stereocenters. The predicted octanol–water partition coefficient (Wildman–Crippen LogP) is 5.58. The summed E-state index contributed by atoms with van der Waals surface area (Å²) in [6, 6.07) is 22.1. The second kappa shape index (κ2) is 12.1. The minimum atomic E-state index is -3.64. The van der Waals surface area contributed by atoms with Crippen molar-refractivity contribution in [2.75, 3.05) is 29.3 Å². The standard InChI is InChI=1S/C30H31ClN4O3S/c31-24-11-14-26-27(16-19-33-28(26)21-24)32-17-4-18-34-30(36)15-10-22-8-12-25(13-9-22)39(37,38)35-20-3-6-23-5-1-2-7-29(23)35/h1-2,5,7-9,11-14,16,19,21H,3-4,6,10,15,17-18,20H2,(H,32,33)(H,34,36). The van der Waals surface area contributed by atoms with Crippen LogP contribution in [0.1, 0.15) is 30.4 Å². The van der Waals surface area contributed by atoms with Crippen molar-refractivity contribution >= 4 is 49.8 Å². The van der Waals surface area contributed by atoms with E-state index in [0.29, 0.717) is 37.5 Å². The molecule has 4 aromatic rings. The molecule has 2 N–H and O–H groups in total. The molecular weight excluding hydrogens is 532 g/mol. The van der Waals surface area contributed by atoms with E-state index >= 15 is 0 Å². The molecule has 39 heavy (non-hydrogen) atoms. The van der Waals surface area contributed by atoms with Crippen molar-refractivity contribution in [2.45, 2.75) is 37.0 Å². The summed E-state index contributed by atoms with van der Waals surface area (Å²) >= 11 is 6.05. The van der Waals surface area contributed by atoms with Gasteiger partial charge in [-0.15, -0.1) is 0 Å². The Labute approximate surface area is 234 Å². The highest BCUT2D eigenvalue weighted by molar-refractivity contribution is 7.92. The largest absolute Gasteiger partial charge is 0.384 e. The summed E-state index contributed by atoms with van der Waals surface area (Å²) in [5.41, 5.74) is 4.57. The van der Waals surface area contributed by atoms with Gasteiger partial charge < -0.3 is 10.6 Å². The fourth-order valence-corrected chi connectivity index (χ4v) is 6.57. The summed E-state index contributed by atoms with van der Waals surface area (Å²) in [7, 11) is -3.64. The molecule has 1 aliphatic heterocycles. The van der Waals surface area contributed by atoms with Gasteiger partial charge in [0.25, 0.3) is 10.0 Å². The molecule has 1 amide bonds. The van der Waals surface area contributed by atoms with Crippen LogP contribution in [-0.4, -0.2) is 38.9 Å². The zero-order chi connectivity index (χ0) is 27.2. The number of nitrogens with one attached hydrogen (secondary N) is 2. The normalized spacial score (nSPS) is 13.2. The Balaban J connectivity index is 1.07. The van der Waals surface area contributed by atoms with Gasteiger partial charge >= 0.3 is 0 Å². The molecule has 0 bridgehead atoms. The quantitative estimate of drug-likeness (QED) is 0.246. The Kier molecular flexibility index (Phi) is 8.33. The zero-order valence-corrected chi connectivity index (χ0v) is 23.1. The lowest BCUT2D eigenvalue weighted by atomic mass is 10.0. The van der Waals surface area contributed by atoms with Gasteiger partial charge in [-0.25, -0.2) is 8.42 Å². The predicted molar refractivity (Wildman–Crippen MR) is 157 cm³/mol. The van der Waals surface area contributed by atoms with E-state index < -0.39 is 10.0 Å². The second-order valence-electron chi connectivity index (χ2n) is 9.60. The van der Waals surface area contributed by atoms with E-state index in [0.717, 1.165) is 52.7 Å². The number of aryl methyl sites for hydroxylation is 2. The number of carbonyl (C=O) groups excluding carboxylic acids is 1. The monoisotopic (exact) mass is 562 g/mol. The number of hydrogen-bond donors (Lipinski definition) is 2. The summed E-state index contributed by atoms with van der Waals surface area (Å²) < 4.78 is 28.1. The molecule has 3 aromatic carbocycles. The molecular formula is C30H31ClN4O3S. The number of halogens is 1. The molecule has 0 fully saturated rings. The smallest absolute Gasteiger partial charge is 0.264 e. The first-order chi connectivity index (χ1) is 18.9. The van der Waals surface area contributed by atoms with Gasteiger partial charge in [-0.3, -0.25) is 14.1 Å². The fourth-order valence-electron chi connectivity index (χ4n) is 4.86. The van der Waals surface area contributed by atoms with Crippen LogP contribution in [0.4, 0.5) is 11.4 Å². The van der Waals surface area contributed by atoms with Gasteiger partial charge in [0, 0.05) is 48.3 Å². The van der Waals surface area contributed by atoms with Crippen LogP contribution in [-0.2, 0) is 27.7 Å². The number of fused-ring (bicyclic) bond motifs is 2. The lowest BCUT2D eigenvalue weighted by Gasteiger charge is -2.30. The van der Waals surface area contributed by atoms with E-state index in [-0.39, 0.29) is 10.8 Å². The summed E-state index contributed by atoms with van der Waals surface area (Å²) in [5.74, 6) is -0.0272. The molecule has 9 heteroatoms. The highest BCUT2D eigenvalue weighted by Crippen LogP contribution is 2.32. The number of aromatic nitrogens is 1. The Morgan fingerprint density at radius 1 is 1.00 bits per heavy atom. The molecule has 2 heterocycles. The first-order valence-corrected chi connectivity index (χ1v) is 15.0. The molecule has 0 spiro atoms. The summed E-state index contributed by atoms with van der Waals surface area (Å²) in [6.07, 6.45) is 5.09. The fraction of sp³-hybridized carbons (Fsp3) is 0.267. The van der Waals surface area contributed by atoms with E-state index in [4.69, 9.17) is 11.6 Å². The van der Waals surface area contributed by atoms with Crippen molar-refractivity contribution in [3.05, 3.63) is 95.1 Å². The van der Waals surface area contributed by atoms with Crippen LogP contribution >= 0.6 is 11.6 Å². The van der Waals surface area contributed by atoms with Gasteiger partial charge in [0.1, 0.15) is 0 Å². The zero-order valence-electron chi connectivity index (χ0n) is 21.6. The molecule has 0 aliphatic carbocycles. The summed E-state index contributed by atoms with van der Waals surface area (Å²) in [5, 5.41) is 8.02. The van der Waals surface area contributed by atoms with Gasteiger partial charge in [-0.05, 0) is 79.3 Å². The maximum absolute atomic E-state index is 13.3. The maximum atomic E-state index is 13.3. The first-order valence-electron chi connectivity index (χ1n) is 13.2. The van der Waals surface area contributed by atoms with Crippen LogP contribution < -0.4 is 14.9 Å². The highest BCUT2D eigenvalue weighted by atomic mass is 35.5. The van der Waals surface area contributed by atoms with Gasteiger partial charge in [0.2, 0.25) is 5.91 Å². The number of amides is 1. The number of benzene rings is 3. The Morgan fingerprint density at radius 2 is 1.82 bits per heavy atom. The van der Waals surface area contributed by atoms with E-state index in [9.17, 15) is 13.2 Å². The van der Waals surface area contributed by atoms with Crippen LogP contribution in [0.25, 0.3) is 10.9 Å². The Hall–Kier alpha value is -3.62. The number of para-hydroxylation sites is 1. The third-order valence-electron chi connectivity index (χ3n) is 6.92. The topological polar surface area (TPSA) is 91.4 Å². The average Bonchev–Trinajstić information content (AvgIpc) is 2.95. The Morgan fingerprint density at radius 3 is 2.67 bits per heavy atom. The van der Waals surface area contributed by atoms with Crippen molar-refractivity contribution < 1.29 is 13.2 Å². The molecule has 5 rings (SSSR count). The van der Waals surface area contributed by atoms with Crippen LogP contribution in [0.15, 0.2) is 83.9 Å². The number of anilines is 2. The van der Waals surface area contributed by atoms with E-state index in [1.807, 2.05) is 48.5 Å². The van der Waals surface area contributed by atoms with Gasteiger partial charge in [-0.2, -0.15) is 0 Å². The number of rotatable bonds is 10. The maximum Gasteiger partial charge on any atom is 0.264 e. The molecule has 1 aromatic heterocycles. The minimum Gasteiger partial charge on any atom is -0.384 e. The number of sulfonamides is 1. The van der Waals surface area contributed by atoms with Crippen molar-refractivity contribution in [3.63, 3.8) is 0 Å². The lowest BCUT2D eigenvalue weighted by molar-refractivity contribution is -0.121. The van der Waals surface area contributed by atoms with E-state index in [1.54, 1.807) is 30.5 Å². The molecule has 0 saturated heterocycles. The van der Waals surface area contributed by atoms with Crippen molar-refractivity contribution in [1.82, 2.24) is 10.3 Å². The van der Waals surface area contributed by atoms with Gasteiger partial charge in [-0.1, -0.05) is 41.9 Å². The van der Waals surface area contributed by atoms with E-state index in [1.165, 1.54) is 4.31 Å². The molecule has 1 aliphatic rings. The number of carbonyl (C=O) groups is 1. The molecule has 0 saturated carbocycles. The van der Waals surface area contributed by atoms with Gasteiger partial charge in [0.05, 0.1) is 16.1 Å². The third-order valence-corrected chi connectivity index (χ3v) is 8.98. The van der Waals surface area contributed by atoms with Crippen LogP contribution in [0, 0.1) is 0 Å². The van der Waals surface area contributed by atoms with Crippen molar-refractivity contribution in [2.24, 2.45) is 0 Å². The molecule has 202 valence electrons. The van der Waals surface area contributed by atoms with Crippen LogP contribution in [0.2, 0.25) is 5.02 Å². The first kappa shape index (κ1) is 27.0. The molecule has 0 radical (unpaired) electrons. The highest BCUT2D eigenvalue weighted by Gasteiger charge is 2.28. The molecule has 7 nitrogen and oxygen atoms in total. The van der Waals surface area contributed by atoms with Crippen molar-refractivity contribution in [1.29, 1.82) is 0 Å². The second-order valence-corrected chi connectivity index (χ2v) is 11.9. The van der Waals surface area contributed by atoms with Crippen LogP contribution in [0.5, 0.6) is 0 Å². The third kappa shape index (κ3) is 6.34. The number of hydrogen-bond acceptors (Lipinski definition) is 5.